The van der Waals surface area contributed by atoms with Gasteiger partial charge in [0.1, 0.15) is 6.04 Å². The van der Waals surface area contributed by atoms with Crippen molar-refractivity contribution in [3.8, 4) is 0 Å². The number of fused-ring (bicyclic) bond motifs is 1. The fourth-order valence-corrected chi connectivity index (χ4v) is 4.03. The Morgan fingerprint density at radius 3 is 2.73 bits per heavy atom. The topological polar surface area (TPSA) is 95.7 Å². The van der Waals surface area contributed by atoms with Gasteiger partial charge in [-0.25, -0.2) is 0 Å². The van der Waals surface area contributed by atoms with E-state index in [2.05, 4.69) is 16.3 Å². The van der Waals surface area contributed by atoms with Crippen LogP contribution in [0.5, 0.6) is 0 Å². The van der Waals surface area contributed by atoms with Crippen LogP contribution in [0.3, 0.4) is 0 Å². The standard InChI is InChI=1S/C19H24N4O3/c1-11(20)14-8-22(9-14)7-12-2-3-13-10-23(19(26)15(13)6-12)16-4-5-17(24)21-18(16)25/h2-3,6,11,14,16H,4-5,7-10,20H2,1H3,(H,21,24,25). The Balaban J connectivity index is 1.44. The highest BCUT2D eigenvalue weighted by atomic mass is 16.2. The number of likely N-dealkylation sites (tertiary alicyclic amines) is 1. The number of imide groups is 1. The molecule has 3 heterocycles. The summed E-state index contributed by atoms with van der Waals surface area (Å²) in [7, 11) is 0. The summed E-state index contributed by atoms with van der Waals surface area (Å²) < 4.78 is 0. The highest BCUT2D eigenvalue weighted by molar-refractivity contribution is 6.05. The number of carbonyl (C=O) groups is 3. The van der Waals surface area contributed by atoms with Crippen LogP contribution in [-0.4, -0.2) is 52.7 Å². The molecule has 3 aliphatic heterocycles. The van der Waals surface area contributed by atoms with E-state index in [9.17, 15) is 14.4 Å². The van der Waals surface area contributed by atoms with Crippen LogP contribution in [0, 0.1) is 5.92 Å². The Morgan fingerprint density at radius 2 is 2.04 bits per heavy atom. The summed E-state index contributed by atoms with van der Waals surface area (Å²) in [5.74, 6) is -0.204. The number of benzene rings is 1. The van der Waals surface area contributed by atoms with E-state index in [0.29, 0.717) is 24.4 Å². The van der Waals surface area contributed by atoms with Crippen molar-refractivity contribution in [3.63, 3.8) is 0 Å². The van der Waals surface area contributed by atoms with Crippen LogP contribution in [0.25, 0.3) is 0 Å². The Labute approximate surface area is 152 Å². The summed E-state index contributed by atoms with van der Waals surface area (Å²) >= 11 is 0. The molecule has 1 aromatic carbocycles. The molecule has 0 aliphatic carbocycles. The molecule has 1 aromatic rings. The van der Waals surface area contributed by atoms with Crippen molar-refractivity contribution in [1.82, 2.24) is 15.1 Å². The molecule has 4 rings (SSSR count). The second kappa shape index (κ2) is 6.48. The van der Waals surface area contributed by atoms with E-state index in [1.54, 1.807) is 4.90 Å². The van der Waals surface area contributed by atoms with Gasteiger partial charge in [-0.1, -0.05) is 12.1 Å². The van der Waals surface area contributed by atoms with Crippen molar-refractivity contribution in [3.05, 3.63) is 34.9 Å². The first-order chi connectivity index (χ1) is 12.4. The van der Waals surface area contributed by atoms with Gasteiger partial charge in [-0.05, 0) is 36.5 Å². The van der Waals surface area contributed by atoms with Gasteiger partial charge >= 0.3 is 0 Å². The first kappa shape index (κ1) is 17.2. The highest BCUT2D eigenvalue weighted by Crippen LogP contribution is 2.29. The molecule has 138 valence electrons. The molecule has 3 aliphatic rings. The molecule has 3 N–H and O–H groups in total. The van der Waals surface area contributed by atoms with E-state index in [1.165, 1.54) is 0 Å². The van der Waals surface area contributed by atoms with Crippen molar-refractivity contribution in [2.75, 3.05) is 13.1 Å². The molecule has 0 saturated carbocycles. The average Bonchev–Trinajstić information content (AvgIpc) is 2.87. The third kappa shape index (κ3) is 3.01. The predicted octanol–water partition coefficient (Wildman–Crippen LogP) is 0.227. The van der Waals surface area contributed by atoms with Gasteiger partial charge in [0, 0.05) is 44.2 Å². The number of rotatable bonds is 4. The Morgan fingerprint density at radius 1 is 1.27 bits per heavy atom. The predicted molar refractivity (Wildman–Crippen MR) is 94.9 cm³/mol. The summed E-state index contributed by atoms with van der Waals surface area (Å²) in [6.07, 6.45) is 0.668. The number of nitrogens with zero attached hydrogens (tertiary/aromatic N) is 2. The molecule has 2 unspecified atom stereocenters. The summed E-state index contributed by atoms with van der Waals surface area (Å²) in [6, 6.07) is 5.65. The van der Waals surface area contributed by atoms with Gasteiger partial charge in [-0.3, -0.25) is 24.6 Å². The molecule has 26 heavy (non-hydrogen) atoms. The quantitative estimate of drug-likeness (QED) is 0.753. The van der Waals surface area contributed by atoms with Gasteiger partial charge < -0.3 is 10.6 Å². The third-order valence-corrected chi connectivity index (χ3v) is 5.73. The smallest absolute Gasteiger partial charge is 0.255 e. The van der Waals surface area contributed by atoms with Crippen LogP contribution in [-0.2, 0) is 22.7 Å². The van der Waals surface area contributed by atoms with Crippen LogP contribution in [0.2, 0.25) is 0 Å². The third-order valence-electron chi connectivity index (χ3n) is 5.73. The van der Waals surface area contributed by atoms with Crippen LogP contribution < -0.4 is 11.1 Å². The summed E-state index contributed by atoms with van der Waals surface area (Å²) in [4.78, 5) is 40.2. The minimum Gasteiger partial charge on any atom is -0.328 e. The zero-order valence-corrected chi connectivity index (χ0v) is 14.9. The number of hydrogen-bond acceptors (Lipinski definition) is 5. The molecular weight excluding hydrogens is 332 g/mol. The number of carbonyl (C=O) groups excluding carboxylic acids is 3. The van der Waals surface area contributed by atoms with Gasteiger partial charge in [0.05, 0.1) is 0 Å². The minimum absolute atomic E-state index is 0.117. The number of nitrogens with one attached hydrogen (secondary N) is 1. The Kier molecular flexibility index (Phi) is 4.28. The molecule has 0 radical (unpaired) electrons. The fraction of sp³-hybridized carbons (Fsp3) is 0.526. The highest BCUT2D eigenvalue weighted by Gasteiger charge is 2.39. The number of hydrogen-bond donors (Lipinski definition) is 2. The van der Waals surface area contributed by atoms with Crippen molar-refractivity contribution in [1.29, 1.82) is 0 Å². The van der Waals surface area contributed by atoms with Gasteiger partial charge in [-0.15, -0.1) is 0 Å². The van der Waals surface area contributed by atoms with E-state index >= 15 is 0 Å². The van der Waals surface area contributed by atoms with E-state index in [4.69, 9.17) is 5.73 Å². The number of nitrogens with two attached hydrogens (primary N) is 1. The van der Waals surface area contributed by atoms with E-state index in [-0.39, 0.29) is 30.2 Å². The SMILES string of the molecule is CC(N)C1CN(Cc2ccc3c(c2)C(=O)N(C2CCC(=O)NC2=O)C3)C1. The van der Waals surface area contributed by atoms with Gasteiger partial charge in [0.25, 0.3) is 5.91 Å². The van der Waals surface area contributed by atoms with Crippen LogP contribution in [0.4, 0.5) is 0 Å². The molecule has 3 amide bonds. The van der Waals surface area contributed by atoms with Crippen molar-refractivity contribution < 1.29 is 14.4 Å². The molecule has 0 aromatic heterocycles. The second-order valence-corrected chi connectivity index (χ2v) is 7.70. The molecule has 2 atom stereocenters. The maximum atomic E-state index is 12.8. The van der Waals surface area contributed by atoms with Gasteiger partial charge in [0.2, 0.25) is 11.8 Å². The maximum Gasteiger partial charge on any atom is 0.255 e. The number of piperidine rings is 1. The maximum absolute atomic E-state index is 12.8. The lowest BCUT2D eigenvalue weighted by Gasteiger charge is -2.41. The Bertz CT molecular complexity index is 770. The minimum atomic E-state index is -0.557. The normalized spacial score (nSPS) is 25.1. The molecule has 7 heteroatoms. The van der Waals surface area contributed by atoms with Crippen molar-refractivity contribution in [2.24, 2.45) is 11.7 Å². The summed E-state index contributed by atoms with van der Waals surface area (Å²) in [5, 5.41) is 2.33. The lowest BCUT2D eigenvalue weighted by atomic mass is 9.92. The van der Waals surface area contributed by atoms with Gasteiger partial charge in [0.15, 0.2) is 0 Å². The van der Waals surface area contributed by atoms with Crippen molar-refractivity contribution in [2.45, 2.75) is 44.9 Å². The largest absolute Gasteiger partial charge is 0.328 e. The van der Waals surface area contributed by atoms with Crippen LogP contribution in [0.1, 0.15) is 41.3 Å². The van der Waals surface area contributed by atoms with Crippen LogP contribution in [0.15, 0.2) is 18.2 Å². The summed E-state index contributed by atoms with van der Waals surface area (Å²) in [5.41, 5.74) is 8.65. The summed E-state index contributed by atoms with van der Waals surface area (Å²) in [6.45, 7) is 5.26. The van der Waals surface area contributed by atoms with Crippen molar-refractivity contribution >= 4 is 17.7 Å². The van der Waals surface area contributed by atoms with E-state index in [0.717, 1.165) is 30.8 Å². The first-order valence-corrected chi connectivity index (χ1v) is 9.17. The monoisotopic (exact) mass is 356 g/mol. The molecule has 0 spiro atoms. The van der Waals surface area contributed by atoms with Gasteiger partial charge in [-0.2, -0.15) is 0 Å². The molecule has 7 nitrogen and oxygen atoms in total. The lowest BCUT2D eigenvalue weighted by Crippen LogP contribution is -2.52. The molecule has 2 fully saturated rings. The fourth-order valence-electron chi connectivity index (χ4n) is 4.03. The Hall–Kier alpha value is -2.25. The lowest BCUT2D eigenvalue weighted by molar-refractivity contribution is -0.136. The molecular formula is C19H24N4O3. The van der Waals surface area contributed by atoms with E-state index < -0.39 is 6.04 Å². The van der Waals surface area contributed by atoms with E-state index in [1.807, 2.05) is 19.1 Å². The molecule has 2 saturated heterocycles. The average molecular weight is 356 g/mol. The zero-order valence-electron chi connectivity index (χ0n) is 14.9. The zero-order chi connectivity index (χ0) is 18.4. The van der Waals surface area contributed by atoms with Crippen LogP contribution >= 0.6 is 0 Å². The first-order valence-electron chi connectivity index (χ1n) is 9.17. The number of amides is 3. The second-order valence-electron chi connectivity index (χ2n) is 7.70. The molecule has 0 bridgehead atoms.